The van der Waals surface area contributed by atoms with Crippen molar-refractivity contribution in [3.63, 3.8) is 0 Å². The van der Waals surface area contributed by atoms with Gasteiger partial charge in [-0.15, -0.1) is 0 Å². The topological polar surface area (TPSA) is 240 Å². The predicted octanol–water partition coefficient (Wildman–Crippen LogP) is 11.8. The molecule has 24 unspecified atom stereocenters. The van der Waals surface area contributed by atoms with Gasteiger partial charge in [-0.05, 0) is 209 Å². The molecule has 105 heavy (non-hydrogen) atoms. The summed E-state index contributed by atoms with van der Waals surface area (Å²) in [5.41, 5.74) is 2.07. The summed E-state index contributed by atoms with van der Waals surface area (Å²) in [4.78, 5) is 123. The minimum absolute atomic E-state index is 0.0210. The molecule has 20 rings (SSSR count). The largest absolute Gasteiger partial charge is 0.496 e. The zero-order valence-corrected chi connectivity index (χ0v) is 60.8. The van der Waals surface area contributed by atoms with Crippen molar-refractivity contribution in [1.82, 2.24) is 0 Å². The standard InChI is InChI=1S/C24H27NO4.C22H22ClNO4.C19H21NO4.C18H17NO5/c1-3-28-14-7-8-18(29-4-2)17(10-14)25-23(26)21-15-11-16(22(21)24(25)27)20-13-6-5-12(9-13)19(15)20;1-27-15-8-16(28-2)14(7-13(15)23)24-21(25)19-11-6-12(20(19)22(24)26)18-10-4-3-9(5-10)17(11)18;1-3-23-13-7-8-15(24-4-2)14(10-13)20-18(21)16-11-5-6-12(9-11)17(16)19(20)22;1-23-13-6-5-11(8-12(13)18(22)24-2)19-16(20)14-9-3-4-10(7-9)15(14)17(19)21/h5-8,10,12-13,15-16,19-22H,3-4,9,11H2,1-2H3;3-4,7-12,17-20H,5-6H2,1-2H3;5-8,10-12,16-17H,3-4,9H2,1-2H3;3-6,8-10,14-15H,7H2,1-2H3. The maximum absolute atomic E-state index is 13.6. The van der Waals surface area contributed by atoms with Crippen molar-refractivity contribution in [3.8, 4) is 40.2 Å². The number of esters is 1. The van der Waals surface area contributed by atoms with Crippen molar-refractivity contribution in [3.05, 3.63) is 126 Å². The number of carbonyl (C=O) groups excluding carboxylic acids is 9. The Morgan fingerprint density at radius 1 is 0.352 bits per heavy atom. The Balaban J connectivity index is 0.000000104. The fourth-order valence-corrected chi connectivity index (χ4v) is 23.8. The van der Waals surface area contributed by atoms with Crippen LogP contribution >= 0.6 is 11.6 Å². The van der Waals surface area contributed by atoms with Gasteiger partial charge in [0.15, 0.2) is 0 Å². The van der Waals surface area contributed by atoms with E-state index in [4.69, 9.17) is 49.5 Å². The van der Waals surface area contributed by atoms with Crippen molar-refractivity contribution in [2.24, 2.45) is 142 Å². The molecule has 12 aliphatic carbocycles. The third-order valence-electron chi connectivity index (χ3n) is 26.9. The van der Waals surface area contributed by atoms with E-state index < -0.39 is 5.97 Å². The summed E-state index contributed by atoms with van der Waals surface area (Å²) in [6, 6.07) is 18.7. The van der Waals surface area contributed by atoms with E-state index in [1.165, 1.54) is 66.9 Å². The van der Waals surface area contributed by atoms with E-state index >= 15 is 0 Å². The van der Waals surface area contributed by atoms with E-state index in [9.17, 15) is 43.2 Å². The van der Waals surface area contributed by atoms with Gasteiger partial charge in [-0.3, -0.25) is 38.4 Å². The highest BCUT2D eigenvalue weighted by atomic mass is 35.5. The van der Waals surface area contributed by atoms with E-state index in [0.717, 1.165) is 25.7 Å². The molecule has 24 atom stereocenters. The summed E-state index contributed by atoms with van der Waals surface area (Å²) >= 11 is 6.31. The Morgan fingerprint density at radius 3 is 1.03 bits per heavy atom. The molecule has 4 heterocycles. The second-order valence-electron chi connectivity index (χ2n) is 31.0. The number of amides is 8. The highest BCUT2D eigenvalue weighted by Crippen LogP contribution is 2.72. The number of halogens is 1. The lowest BCUT2D eigenvalue weighted by Crippen LogP contribution is -2.38. The maximum Gasteiger partial charge on any atom is 0.341 e. The summed E-state index contributed by atoms with van der Waals surface area (Å²) in [7, 11) is 5.76. The second-order valence-corrected chi connectivity index (χ2v) is 31.4. The number of hydrogen-bond acceptors (Lipinski definition) is 17. The van der Waals surface area contributed by atoms with E-state index in [0.29, 0.717) is 165 Å². The number of hydrogen-bond donors (Lipinski definition) is 0. The molecule has 548 valence electrons. The third-order valence-corrected chi connectivity index (χ3v) is 27.2. The van der Waals surface area contributed by atoms with Crippen molar-refractivity contribution < 1.29 is 81.0 Å². The SMILES string of the molecule is CCOc1ccc(OCC)c(N2C(=O)C3C4C=CC(C4)C3C2=O)c1.CCOc1ccc(OCC)c(N2C(=O)C3C4CC(C3C2=O)C2C3C=CC(C3)C42)c1.COC(=O)c1cc(N2C(=O)C3C4C=CC(C4)C3C2=O)ccc1OC.COc1cc(OC)c(N2C(=O)C3C4CC(C3C2=O)C2C3C=CC(C3)C42)cc1Cl. The maximum atomic E-state index is 13.6. The summed E-state index contributed by atoms with van der Waals surface area (Å²) < 4.78 is 43.2. The molecule has 4 saturated heterocycles. The van der Waals surface area contributed by atoms with E-state index in [1.807, 2.05) is 39.8 Å². The van der Waals surface area contributed by atoms with Crippen LogP contribution in [0.15, 0.2) is 115 Å². The van der Waals surface area contributed by atoms with Gasteiger partial charge in [0.2, 0.25) is 47.3 Å². The minimum atomic E-state index is -0.574. The first-order chi connectivity index (χ1) is 50.9. The predicted molar refractivity (Wildman–Crippen MR) is 384 cm³/mol. The summed E-state index contributed by atoms with van der Waals surface area (Å²) in [6.45, 7) is 9.62. The number of nitrogens with zero attached hydrogens (tertiary/aromatic N) is 4. The molecule has 0 aromatic heterocycles. The van der Waals surface area contributed by atoms with E-state index in [1.54, 1.807) is 48.5 Å². The van der Waals surface area contributed by atoms with Gasteiger partial charge in [0, 0.05) is 18.2 Å². The average Bonchev–Trinajstić information content (AvgIpc) is 1.52. The fraction of sp³-hybridized carbons (Fsp3) is 0.506. The van der Waals surface area contributed by atoms with Crippen LogP contribution in [0.3, 0.4) is 0 Å². The molecule has 0 N–H and O–H groups in total. The molecule has 0 radical (unpaired) electrons. The van der Waals surface area contributed by atoms with Crippen LogP contribution in [0.5, 0.6) is 40.2 Å². The van der Waals surface area contributed by atoms with Gasteiger partial charge >= 0.3 is 5.97 Å². The van der Waals surface area contributed by atoms with Gasteiger partial charge in [-0.25, -0.2) is 24.4 Å². The lowest BCUT2D eigenvalue weighted by Gasteiger charge is -2.36. The Bertz CT molecular complexity index is 4340. The number of imide groups is 4. The molecule has 4 aromatic carbocycles. The van der Waals surface area contributed by atoms with Crippen LogP contribution in [-0.4, -0.2) is 108 Å². The summed E-state index contributed by atoms with van der Waals surface area (Å²) in [5.74, 6) is 7.63. The third kappa shape index (κ3) is 10.3. The van der Waals surface area contributed by atoms with Crippen LogP contribution in [0.1, 0.15) is 76.6 Å². The smallest absolute Gasteiger partial charge is 0.341 e. The van der Waals surface area contributed by atoms with Crippen molar-refractivity contribution in [2.75, 3.05) is 74.5 Å². The average molecular weight is 1450 g/mol. The van der Waals surface area contributed by atoms with E-state index in [-0.39, 0.29) is 124 Å². The van der Waals surface area contributed by atoms with Crippen molar-refractivity contribution >= 4 is 87.6 Å². The zero-order chi connectivity index (χ0) is 73.0. The van der Waals surface area contributed by atoms with Gasteiger partial charge in [0.05, 0.1) is 130 Å². The van der Waals surface area contributed by atoms with E-state index in [2.05, 4.69) is 48.6 Å². The number of rotatable bonds is 16. The molecule has 21 nitrogen and oxygen atoms in total. The van der Waals surface area contributed by atoms with Crippen LogP contribution in [0.2, 0.25) is 5.02 Å². The molecule has 8 saturated carbocycles. The number of methoxy groups -OCH3 is 4. The van der Waals surface area contributed by atoms with Crippen LogP contribution < -0.4 is 52.8 Å². The van der Waals surface area contributed by atoms with Crippen molar-refractivity contribution in [1.29, 1.82) is 0 Å². The van der Waals surface area contributed by atoms with Gasteiger partial charge in [-0.1, -0.05) is 60.2 Å². The van der Waals surface area contributed by atoms with Crippen LogP contribution in [-0.2, 0) is 43.1 Å². The normalized spacial score (nSPS) is 36.1. The monoisotopic (exact) mass is 1450 g/mol. The molecular formula is C83H87ClN4O17. The van der Waals surface area contributed by atoms with Crippen LogP contribution in [0.25, 0.3) is 0 Å². The molecule has 8 amide bonds. The number of carbonyl (C=O) groups is 9. The Labute approximate surface area is 614 Å². The molecule has 4 aliphatic heterocycles. The fourth-order valence-electron chi connectivity index (χ4n) is 23.5. The van der Waals surface area contributed by atoms with Crippen LogP contribution in [0.4, 0.5) is 22.7 Å². The molecule has 22 heteroatoms. The summed E-state index contributed by atoms with van der Waals surface area (Å²) in [5, 5.41) is 0.359. The molecule has 12 fully saturated rings. The highest BCUT2D eigenvalue weighted by molar-refractivity contribution is 6.33. The number of anilines is 4. The first kappa shape index (κ1) is 68.8. The first-order valence-corrected chi connectivity index (χ1v) is 38.0. The molecule has 0 spiro atoms. The Morgan fingerprint density at radius 2 is 0.676 bits per heavy atom. The Hall–Kier alpha value is -9.24. The molecule has 4 aromatic rings. The first-order valence-electron chi connectivity index (χ1n) is 37.6. The Kier molecular flexibility index (Phi) is 17.3. The number of fused-ring (bicyclic) bond motifs is 34. The number of ether oxygens (including phenoxy) is 8. The zero-order valence-electron chi connectivity index (χ0n) is 60.0. The summed E-state index contributed by atoms with van der Waals surface area (Å²) in [6.07, 6.45) is 24.1. The van der Waals surface area contributed by atoms with Gasteiger partial charge in [0.25, 0.3) is 0 Å². The molecule has 16 aliphatic rings. The van der Waals surface area contributed by atoms with Gasteiger partial charge in [0.1, 0.15) is 45.8 Å². The lowest BCUT2D eigenvalue weighted by atomic mass is 9.65. The second kappa shape index (κ2) is 26.4. The van der Waals surface area contributed by atoms with Crippen LogP contribution in [0, 0.1) is 142 Å². The molecular weight excluding hydrogens is 1360 g/mol. The highest BCUT2D eigenvalue weighted by Gasteiger charge is 2.73. The van der Waals surface area contributed by atoms with Gasteiger partial charge in [-0.2, -0.15) is 0 Å². The number of allylic oxidation sites excluding steroid dienone is 8. The number of benzene rings is 4. The minimum Gasteiger partial charge on any atom is -0.496 e. The van der Waals surface area contributed by atoms with Gasteiger partial charge < -0.3 is 37.9 Å². The molecule has 12 bridgehead atoms. The lowest BCUT2D eigenvalue weighted by molar-refractivity contribution is -0.125. The quantitative estimate of drug-likeness (QED) is 0.0438. The van der Waals surface area contributed by atoms with Crippen molar-refractivity contribution in [2.45, 2.75) is 66.2 Å².